The molecule has 0 unspecified atom stereocenters. The van der Waals surface area contributed by atoms with Crippen LogP contribution in [0.25, 0.3) is 0 Å². The number of nitrogens with one attached hydrogen (secondary N) is 3. The average Bonchev–Trinajstić information content (AvgIpc) is 3.33. The molecule has 2 rings (SSSR count). The van der Waals surface area contributed by atoms with Crippen molar-refractivity contribution in [1.29, 1.82) is 0 Å². The summed E-state index contributed by atoms with van der Waals surface area (Å²) >= 11 is 0. The Morgan fingerprint density at radius 1 is 1.30 bits per heavy atom. The highest BCUT2D eigenvalue weighted by Crippen LogP contribution is 2.19. The highest BCUT2D eigenvalue weighted by Gasteiger charge is 2.33. The van der Waals surface area contributed by atoms with Crippen LogP contribution in [0.5, 0.6) is 0 Å². The molecular formula is C16H24N4O3. The highest BCUT2D eigenvalue weighted by atomic mass is 16.5. The molecule has 0 bridgehead atoms. The average molecular weight is 320 g/mol. The van der Waals surface area contributed by atoms with Gasteiger partial charge in [0.05, 0.1) is 0 Å². The first-order valence-electron chi connectivity index (χ1n) is 7.67. The molecule has 1 aliphatic rings. The van der Waals surface area contributed by atoms with E-state index in [9.17, 15) is 9.59 Å². The maximum atomic E-state index is 12.3. The van der Waals surface area contributed by atoms with Gasteiger partial charge in [-0.15, -0.1) is 0 Å². The summed E-state index contributed by atoms with van der Waals surface area (Å²) < 4.78 is 0. The van der Waals surface area contributed by atoms with E-state index in [1.54, 1.807) is 26.0 Å². The minimum absolute atomic E-state index is 0.418. The zero-order valence-corrected chi connectivity index (χ0v) is 13.4. The molecule has 6 N–H and O–H groups in total. The zero-order chi connectivity index (χ0) is 17.0. The topological polar surface area (TPSA) is 116 Å². The van der Waals surface area contributed by atoms with E-state index in [0.29, 0.717) is 11.6 Å². The van der Waals surface area contributed by atoms with Crippen molar-refractivity contribution in [3.05, 3.63) is 35.4 Å². The Labute approximate surface area is 135 Å². The number of rotatable bonds is 7. The number of carbonyl (C=O) groups is 2. The second-order valence-corrected chi connectivity index (χ2v) is 6.56. The van der Waals surface area contributed by atoms with Crippen LogP contribution in [0.15, 0.2) is 24.3 Å². The summed E-state index contributed by atoms with van der Waals surface area (Å²) in [4.78, 5) is 23.9. The van der Waals surface area contributed by atoms with Gasteiger partial charge in [-0.2, -0.15) is 0 Å². The summed E-state index contributed by atoms with van der Waals surface area (Å²) in [6.07, 6.45) is 2.45. The van der Waals surface area contributed by atoms with Crippen LogP contribution in [0.3, 0.4) is 0 Å². The van der Waals surface area contributed by atoms with Gasteiger partial charge in [-0.25, -0.2) is 5.48 Å². The molecule has 1 aliphatic carbocycles. The fourth-order valence-electron chi connectivity index (χ4n) is 2.19. The van der Waals surface area contributed by atoms with Crippen LogP contribution in [0.4, 0.5) is 0 Å². The predicted molar refractivity (Wildman–Crippen MR) is 85.8 cm³/mol. The molecule has 0 spiro atoms. The van der Waals surface area contributed by atoms with Crippen molar-refractivity contribution in [3.8, 4) is 0 Å². The molecule has 0 heterocycles. The van der Waals surface area contributed by atoms with Crippen molar-refractivity contribution in [1.82, 2.24) is 16.1 Å². The minimum Gasteiger partial charge on any atom is -0.338 e. The van der Waals surface area contributed by atoms with Crippen LogP contribution >= 0.6 is 0 Å². The molecule has 1 saturated carbocycles. The maximum absolute atomic E-state index is 12.3. The minimum atomic E-state index is -1.05. The molecule has 0 saturated heterocycles. The van der Waals surface area contributed by atoms with Crippen LogP contribution in [-0.4, -0.2) is 34.6 Å². The van der Waals surface area contributed by atoms with Gasteiger partial charge in [0, 0.05) is 23.7 Å². The Hall–Kier alpha value is -1.96. The monoisotopic (exact) mass is 320 g/mol. The van der Waals surface area contributed by atoms with Gasteiger partial charge < -0.3 is 16.4 Å². The first kappa shape index (κ1) is 17.4. The predicted octanol–water partition coefficient (Wildman–Crippen LogP) is 0.280. The summed E-state index contributed by atoms with van der Waals surface area (Å²) in [5.74, 6) is -1.17. The molecule has 0 aromatic heterocycles. The lowest BCUT2D eigenvalue weighted by Gasteiger charge is -2.29. The van der Waals surface area contributed by atoms with E-state index in [4.69, 9.17) is 10.9 Å². The molecule has 1 aromatic carbocycles. The smallest absolute Gasteiger partial charge is 0.267 e. The lowest BCUT2D eigenvalue weighted by Crippen LogP contribution is -2.61. The number of hydrogen-bond donors (Lipinski definition) is 5. The summed E-state index contributed by atoms with van der Waals surface area (Å²) in [6.45, 7) is 3.97. The number of hydrogen-bond acceptors (Lipinski definition) is 5. The van der Waals surface area contributed by atoms with Crippen LogP contribution in [0.2, 0.25) is 0 Å². The Bertz CT molecular complexity index is 562. The van der Waals surface area contributed by atoms with Gasteiger partial charge in [-0.05, 0) is 44.4 Å². The van der Waals surface area contributed by atoms with Crippen molar-refractivity contribution >= 4 is 11.8 Å². The normalized spacial score (nSPS) is 15.8. The van der Waals surface area contributed by atoms with E-state index < -0.39 is 23.4 Å². The molecule has 7 heteroatoms. The van der Waals surface area contributed by atoms with Crippen molar-refractivity contribution in [2.75, 3.05) is 0 Å². The van der Waals surface area contributed by atoms with E-state index in [2.05, 4.69) is 10.6 Å². The van der Waals surface area contributed by atoms with Gasteiger partial charge in [-0.3, -0.25) is 14.8 Å². The number of hydroxylamine groups is 1. The molecule has 126 valence electrons. The molecule has 0 radical (unpaired) electrons. The Kier molecular flexibility index (Phi) is 5.35. The lowest BCUT2D eigenvalue weighted by atomic mass is 9.95. The lowest BCUT2D eigenvalue weighted by molar-refractivity contribution is -0.132. The quantitative estimate of drug-likeness (QED) is 0.365. The Morgan fingerprint density at radius 3 is 2.39 bits per heavy atom. The van der Waals surface area contributed by atoms with Crippen molar-refractivity contribution in [3.63, 3.8) is 0 Å². The van der Waals surface area contributed by atoms with Crippen LogP contribution < -0.4 is 21.8 Å². The number of nitrogens with two attached hydrogens (primary N) is 1. The summed E-state index contributed by atoms with van der Waals surface area (Å²) in [5, 5.41) is 14.7. The highest BCUT2D eigenvalue weighted by molar-refractivity contribution is 5.97. The fraction of sp³-hybridized carbons (Fsp3) is 0.500. The number of amides is 2. The van der Waals surface area contributed by atoms with Crippen LogP contribution in [0.1, 0.15) is 42.6 Å². The third-order valence-electron chi connectivity index (χ3n) is 3.78. The van der Waals surface area contributed by atoms with Gasteiger partial charge in [-0.1, -0.05) is 12.1 Å². The van der Waals surface area contributed by atoms with Gasteiger partial charge in [0.25, 0.3) is 11.8 Å². The molecule has 1 fully saturated rings. The molecule has 23 heavy (non-hydrogen) atoms. The van der Waals surface area contributed by atoms with E-state index in [1.807, 2.05) is 12.1 Å². The zero-order valence-electron chi connectivity index (χ0n) is 13.4. The molecule has 1 atom stereocenters. The second kappa shape index (κ2) is 7.08. The van der Waals surface area contributed by atoms with Crippen molar-refractivity contribution in [2.24, 2.45) is 5.73 Å². The van der Waals surface area contributed by atoms with E-state index >= 15 is 0 Å². The molecule has 2 amide bonds. The molecule has 7 nitrogen and oxygen atoms in total. The van der Waals surface area contributed by atoms with Gasteiger partial charge in [0.15, 0.2) is 0 Å². The third-order valence-corrected chi connectivity index (χ3v) is 3.78. The first-order valence-corrected chi connectivity index (χ1v) is 7.67. The first-order chi connectivity index (χ1) is 10.8. The third kappa shape index (κ3) is 5.02. The van der Waals surface area contributed by atoms with Gasteiger partial charge >= 0.3 is 0 Å². The molecular weight excluding hydrogens is 296 g/mol. The van der Waals surface area contributed by atoms with E-state index in [-0.39, 0.29) is 0 Å². The Morgan fingerprint density at radius 2 is 1.91 bits per heavy atom. The Balaban J connectivity index is 1.99. The summed E-state index contributed by atoms with van der Waals surface area (Å²) in [6, 6.07) is 6.74. The van der Waals surface area contributed by atoms with Gasteiger partial charge in [0.1, 0.15) is 6.04 Å². The summed E-state index contributed by atoms with van der Waals surface area (Å²) in [5.41, 5.74) is 7.92. The van der Waals surface area contributed by atoms with Crippen LogP contribution in [-0.2, 0) is 11.3 Å². The standard InChI is InChI=1S/C16H24N4O3/c1-16(2,17)13(15(22)20-23)19-14(21)11-5-3-10(4-6-11)9-18-12-7-8-12/h3-6,12-13,18,23H,7-9,17H2,1-2H3,(H,19,21)(H,20,22)/t13-/m1/s1. The van der Waals surface area contributed by atoms with Crippen molar-refractivity contribution in [2.45, 2.75) is 50.9 Å². The summed E-state index contributed by atoms with van der Waals surface area (Å²) in [7, 11) is 0. The number of benzene rings is 1. The maximum Gasteiger partial charge on any atom is 0.267 e. The van der Waals surface area contributed by atoms with Gasteiger partial charge in [0.2, 0.25) is 0 Å². The fourth-order valence-corrected chi connectivity index (χ4v) is 2.19. The molecule has 1 aromatic rings. The van der Waals surface area contributed by atoms with E-state index in [1.165, 1.54) is 18.3 Å². The second-order valence-electron chi connectivity index (χ2n) is 6.56. The molecule has 0 aliphatic heterocycles. The van der Waals surface area contributed by atoms with E-state index in [0.717, 1.165) is 12.1 Å². The van der Waals surface area contributed by atoms with Crippen LogP contribution in [0, 0.1) is 0 Å². The SMILES string of the molecule is CC(C)(N)[C@H](NC(=O)c1ccc(CNC2CC2)cc1)C(=O)NO. The largest absolute Gasteiger partial charge is 0.338 e. The van der Waals surface area contributed by atoms with Crippen molar-refractivity contribution < 1.29 is 14.8 Å². The number of carbonyl (C=O) groups excluding carboxylic acids is 2.